The van der Waals surface area contributed by atoms with Crippen LogP contribution in [0.2, 0.25) is 0 Å². The molecule has 1 amide bonds. The van der Waals surface area contributed by atoms with Gasteiger partial charge in [-0.1, -0.05) is 12.1 Å². The third-order valence-electron chi connectivity index (χ3n) is 2.69. The summed E-state index contributed by atoms with van der Waals surface area (Å²) in [4.78, 5) is 26.1. The van der Waals surface area contributed by atoms with Crippen molar-refractivity contribution in [2.45, 2.75) is 12.8 Å². The van der Waals surface area contributed by atoms with E-state index in [4.69, 9.17) is 0 Å². The highest BCUT2D eigenvalue weighted by atomic mass is 16.6. The number of carbonyl (C=O) groups excluding carboxylic acids is 1. The molecule has 0 aliphatic rings. The third-order valence-corrected chi connectivity index (χ3v) is 2.69. The molecule has 0 saturated heterocycles. The minimum atomic E-state index is -0.566. The lowest BCUT2D eigenvalue weighted by atomic mass is 10.1. The first-order valence-electron chi connectivity index (χ1n) is 6.04. The number of nitrogens with one attached hydrogen (secondary N) is 2. The van der Waals surface area contributed by atoms with Crippen molar-refractivity contribution in [1.29, 1.82) is 0 Å². The smallest absolute Gasteiger partial charge is 0.282 e. The van der Waals surface area contributed by atoms with Gasteiger partial charge in [-0.05, 0) is 12.5 Å². The van der Waals surface area contributed by atoms with Gasteiger partial charge in [-0.2, -0.15) is 5.10 Å². The summed E-state index contributed by atoms with van der Waals surface area (Å²) >= 11 is 0. The number of hydrogen-bond acceptors (Lipinski definition) is 5. The van der Waals surface area contributed by atoms with E-state index in [-0.39, 0.29) is 11.3 Å². The van der Waals surface area contributed by atoms with Gasteiger partial charge >= 0.3 is 0 Å². The van der Waals surface area contributed by atoms with Gasteiger partial charge in [0.1, 0.15) is 17.7 Å². The molecule has 0 radical (unpaired) electrons. The molecule has 2 aromatic rings. The van der Waals surface area contributed by atoms with Crippen molar-refractivity contribution in [3.8, 4) is 0 Å². The number of rotatable bonds is 6. The zero-order chi connectivity index (χ0) is 14.4. The highest BCUT2D eigenvalue weighted by molar-refractivity contribution is 5.98. The standard InChI is InChI=1S/C12H13N5O3/c18-12(9-4-1-2-5-10(9)17(19)20)13-7-3-6-11-14-8-15-16-11/h1-2,4-5,8H,3,6-7H2,(H,13,18)(H,14,15,16). The fraction of sp³-hybridized carbons (Fsp3) is 0.250. The van der Waals surface area contributed by atoms with Crippen molar-refractivity contribution in [3.63, 3.8) is 0 Å². The first kappa shape index (κ1) is 13.7. The molecule has 1 heterocycles. The maximum atomic E-state index is 11.9. The van der Waals surface area contributed by atoms with Crippen LogP contribution in [0, 0.1) is 10.1 Å². The predicted octanol–water partition coefficient (Wildman–Crippen LogP) is 1.08. The first-order valence-corrected chi connectivity index (χ1v) is 6.04. The topological polar surface area (TPSA) is 114 Å². The van der Waals surface area contributed by atoms with Crippen LogP contribution in [0.5, 0.6) is 0 Å². The van der Waals surface area contributed by atoms with E-state index in [1.807, 2.05) is 0 Å². The van der Waals surface area contributed by atoms with E-state index < -0.39 is 10.8 Å². The van der Waals surface area contributed by atoms with E-state index in [0.29, 0.717) is 19.4 Å². The van der Waals surface area contributed by atoms with Gasteiger partial charge in [-0.15, -0.1) is 0 Å². The van der Waals surface area contributed by atoms with Crippen molar-refractivity contribution in [2.75, 3.05) is 6.54 Å². The van der Waals surface area contributed by atoms with Gasteiger partial charge in [0, 0.05) is 19.0 Å². The second-order valence-electron chi connectivity index (χ2n) is 4.07. The number of aromatic amines is 1. The van der Waals surface area contributed by atoms with Crippen LogP contribution in [0.3, 0.4) is 0 Å². The Kier molecular flexibility index (Phi) is 4.38. The molecule has 0 aliphatic carbocycles. The zero-order valence-corrected chi connectivity index (χ0v) is 10.6. The van der Waals surface area contributed by atoms with Gasteiger partial charge < -0.3 is 5.32 Å². The Balaban J connectivity index is 1.87. The van der Waals surface area contributed by atoms with E-state index in [9.17, 15) is 14.9 Å². The van der Waals surface area contributed by atoms with Gasteiger partial charge in [-0.3, -0.25) is 20.0 Å². The van der Waals surface area contributed by atoms with E-state index in [2.05, 4.69) is 20.5 Å². The summed E-state index contributed by atoms with van der Waals surface area (Å²) in [5.74, 6) is 0.291. The Morgan fingerprint density at radius 3 is 2.90 bits per heavy atom. The van der Waals surface area contributed by atoms with Crippen molar-refractivity contribution >= 4 is 11.6 Å². The molecule has 0 spiro atoms. The van der Waals surface area contributed by atoms with Gasteiger partial charge in [0.05, 0.1) is 4.92 Å². The molecule has 0 saturated carbocycles. The maximum absolute atomic E-state index is 11.9. The fourth-order valence-corrected chi connectivity index (χ4v) is 1.73. The third kappa shape index (κ3) is 3.37. The van der Waals surface area contributed by atoms with E-state index >= 15 is 0 Å². The number of aromatic nitrogens is 3. The number of nitrogens with zero attached hydrogens (tertiary/aromatic N) is 3. The molecule has 104 valence electrons. The van der Waals surface area contributed by atoms with Crippen molar-refractivity contribution in [2.24, 2.45) is 0 Å². The normalized spacial score (nSPS) is 10.2. The second-order valence-corrected chi connectivity index (χ2v) is 4.07. The summed E-state index contributed by atoms with van der Waals surface area (Å²) in [5, 5.41) is 19.9. The molecular formula is C12H13N5O3. The molecule has 0 atom stereocenters. The summed E-state index contributed by atoms with van der Waals surface area (Å²) in [5.41, 5.74) is -0.127. The average Bonchev–Trinajstić information content (AvgIpc) is 2.96. The summed E-state index contributed by atoms with van der Waals surface area (Å²) in [6.45, 7) is 0.408. The van der Waals surface area contributed by atoms with Crippen LogP contribution in [0.1, 0.15) is 22.6 Å². The molecule has 0 bridgehead atoms. The summed E-state index contributed by atoms with van der Waals surface area (Å²) < 4.78 is 0. The number of nitro benzene ring substituents is 1. The lowest BCUT2D eigenvalue weighted by Gasteiger charge is -2.05. The molecule has 1 aromatic carbocycles. The van der Waals surface area contributed by atoms with Crippen LogP contribution in [-0.4, -0.2) is 32.6 Å². The first-order chi connectivity index (χ1) is 9.68. The molecule has 2 rings (SSSR count). The molecule has 20 heavy (non-hydrogen) atoms. The van der Waals surface area contributed by atoms with Crippen molar-refractivity contribution < 1.29 is 9.72 Å². The second kappa shape index (κ2) is 6.41. The Bertz CT molecular complexity index is 597. The van der Waals surface area contributed by atoms with Crippen LogP contribution in [-0.2, 0) is 6.42 Å². The Labute approximate surface area is 114 Å². The number of amides is 1. The highest BCUT2D eigenvalue weighted by Gasteiger charge is 2.18. The molecule has 0 aliphatic heterocycles. The Morgan fingerprint density at radius 2 is 2.20 bits per heavy atom. The van der Waals surface area contributed by atoms with Gasteiger partial charge in [0.25, 0.3) is 11.6 Å². The number of para-hydroxylation sites is 1. The molecule has 0 fully saturated rings. The Morgan fingerprint density at radius 1 is 1.40 bits per heavy atom. The SMILES string of the molecule is O=C(NCCCc1ncn[nH]1)c1ccccc1[N+](=O)[O-]. The summed E-state index contributed by atoms with van der Waals surface area (Å²) in [6, 6.07) is 5.86. The molecule has 2 N–H and O–H groups in total. The zero-order valence-electron chi connectivity index (χ0n) is 10.6. The quantitative estimate of drug-likeness (QED) is 0.465. The summed E-state index contributed by atoms with van der Waals surface area (Å²) in [6.07, 6.45) is 2.74. The lowest BCUT2D eigenvalue weighted by Crippen LogP contribution is -2.25. The van der Waals surface area contributed by atoms with E-state index in [0.717, 1.165) is 5.82 Å². The summed E-state index contributed by atoms with van der Waals surface area (Å²) in [7, 11) is 0. The van der Waals surface area contributed by atoms with Crippen LogP contribution in [0.25, 0.3) is 0 Å². The van der Waals surface area contributed by atoms with Crippen LogP contribution in [0.15, 0.2) is 30.6 Å². The van der Waals surface area contributed by atoms with Gasteiger partial charge in [-0.25, -0.2) is 4.98 Å². The number of H-pyrrole nitrogens is 1. The number of aryl methyl sites for hydroxylation is 1. The Hall–Kier alpha value is -2.77. The number of hydrogen-bond donors (Lipinski definition) is 2. The molecule has 8 heteroatoms. The minimum Gasteiger partial charge on any atom is -0.352 e. The predicted molar refractivity (Wildman–Crippen MR) is 70.1 cm³/mol. The number of benzene rings is 1. The van der Waals surface area contributed by atoms with Gasteiger partial charge in [0.15, 0.2) is 0 Å². The van der Waals surface area contributed by atoms with Gasteiger partial charge in [0.2, 0.25) is 0 Å². The van der Waals surface area contributed by atoms with Crippen molar-refractivity contribution in [3.05, 3.63) is 52.1 Å². The average molecular weight is 275 g/mol. The van der Waals surface area contributed by atoms with Crippen LogP contribution < -0.4 is 5.32 Å². The number of nitro groups is 1. The fourth-order valence-electron chi connectivity index (χ4n) is 1.73. The number of carbonyl (C=O) groups is 1. The molecule has 1 aromatic heterocycles. The molecule has 0 unspecified atom stereocenters. The van der Waals surface area contributed by atoms with Crippen LogP contribution in [0.4, 0.5) is 5.69 Å². The minimum absolute atomic E-state index is 0.0668. The van der Waals surface area contributed by atoms with Crippen molar-refractivity contribution in [1.82, 2.24) is 20.5 Å². The van der Waals surface area contributed by atoms with E-state index in [1.165, 1.54) is 24.5 Å². The maximum Gasteiger partial charge on any atom is 0.282 e. The van der Waals surface area contributed by atoms with Crippen LogP contribution >= 0.6 is 0 Å². The van der Waals surface area contributed by atoms with E-state index in [1.54, 1.807) is 6.07 Å². The lowest BCUT2D eigenvalue weighted by molar-refractivity contribution is -0.385. The molecule has 8 nitrogen and oxygen atoms in total. The largest absolute Gasteiger partial charge is 0.352 e. The highest BCUT2D eigenvalue weighted by Crippen LogP contribution is 2.17. The molecular weight excluding hydrogens is 262 g/mol. The monoisotopic (exact) mass is 275 g/mol.